The standard InChI is InChI=1S/C16H17BrFN3O/c17-12-6-7-15(13(18)8-12)19-16(22)10-21-9-11-4-2-1-3-5-14(11)20-21/h6-9H,1-5,10H2,(H,19,22). The number of carbonyl (C=O) groups excluding carboxylic acids is 1. The van der Waals surface area contributed by atoms with Crippen molar-refractivity contribution in [3.63, 3.8) is 0 Å². The maximum absolute atomic E-state index is 13.7. The van der Waals surface area contributed by atoms with Gasteiger partial charge in [0.05, 0.1) is 11.4 Å². The Morgan fingerprint density at radius 3 is 2.95 bits per heavy atom. The molecule has 4 nitrogen and oxygen atoms in total. The number of hydrogen-bond acceptors (Lipinski definition) is 2. The van der Waals surface area contributed by atoms with Crippen LogP contribution in [0.1, 0.15) is 30.5 Å². The van der Waals surface area contributed by atoms with Gasteiger partial charge in [0.2, 0.25) is 5.91 Å². The minimum absolute atomic E-state index is 0.0997. The third kappa shape index (κ3) is 3.55. The monoisotopic (exact) mass is 365 g/mol. The second-order valence-electron chi connectivity index (χ2n) is 5.53. The highest BCUT2D eigenvalue weighted by atomic mass is 79.9. The largest absolute Gasteiger partial charge is 0.322 e. The lowest BCUT2D eigenvalue weighted by Crippen LogP contribution is -2.19. The first kappa shape index (κ1) is 15.2. The van der Waals surface area contributed by atoms with Gasteiger partial charge in [-0.1, -0.05) is 22.4 Å². The fourth-order valence-electron chi connectivity index (χ4n) is 2.72. The van der Waals surface area contributed by atoms with Gasteiger partial charge < -0.3 is 5.32 Å². The predicted molar refractivity (Wildman–Crippen MR) is 86.2 cm³/mol. The molecule has 1 aromatic carbocycles. The molecule has 0 fully saturated rings. The van der Waals surface area contributed by atoms with Gasteiger partial charge >= 0.3 is 0 Å². The number of hydrogen-bond donors (Lipinski definition) is 1. The Bertz CT molecular complexity index is 675. The van der Waals surface area contributed by atoms with Crippen LogP contribution < -0.4 is 5.32 Å². The third-order valence-corrected chi connectivity index (χ3v) is 4.29. The molecule has 1 aromatic heterocycles. The number of nitrogens with zero attached hydrogens (tertiary/aromatic N) is 2. The first-order chi connectivity index (χ1) is 10.6. The van der Waals surface area contributed by atoms with Gasteiger partial charge in [0.15, 0.2) is 0 Å². The number of aromatic nitrogens is 2. The van der Waals surface area contributed by atoms with Crippen LogP contribution in [0.3, 0.4) is 0 Å². The molecular weight excluding hydrogens is 349 g/mol. The molecule has 0 spiro atoms. The summed E-state index contributed by atoms with van der Waals surface area (Å²) in [4.78, 5) is 12.0. The molecule has 0 bridgehead atoms. The quantitative estimate of drug-likeness (QED) is 0.843. The van der Waals surface area contributed by atoms with E-state index in [1.807, 2.05) is 6.20 Å². The van der Waals surface area contributed by atoms with Crippen molar-refractivity contribution in [1.29, 1.82) is 0 Å². The summed E-state index contributed by atoms with van der Waals surface area (Å²) in [5.74, 6) is -0.738. The number of aryl methyl sites for hydroxylation is 2. The van der Waals surface area contributed by atoms with Crippen molar-refractivity contribution in [2.24, 2.45) is 0 Å². The summed E-state index contributed by atoms with van der Waals surface area (Å²) >= 11 is 3.19. The van der Waals surface area contributed by atoms with Crippen molar-refractivity contribution < 1.29 is 9.18 Å². The van der Waals surface area contributed by atoms with Gasteiger partial charge in [0, 0.05) is 10.7 Å². The molecule has 0 atom stereocenters. The van der Waals surface area contributed by atoms with Gasteiger partial charge in [-0.05, 0) is 49.4 Å². The van der Waals surface area contributed by atoms with Crippen LogP contribution in [0.4, 0.5) is 10.1 Å². The van der Waals surface area contributed by atoms with E-state index in [1.165, 1.54) is 30.5 Å². The lowest BCUT2D eigenvalue weighted by atomic mass is 10.1. The normalized spacial score (nSPS) is 14.3. The molecule has 1 aliphatic rings. The Morgan fingerprint density at radius 1 is 1.32 bits per heavy atom. The summed E-state index contributed by atoms with van der Waals surface area (Å²) in [6.07, 6.45) is 7.51. The van der Waals surface area contributed by atoms with Crippen molar-refractivity contribution in [3.8, 4) is 0 Å². The molecule has 0 saturated carbocycles. The lowest BCUT2D eigenvalue weighted by Gasteiger charge is -2.07. The lowest BCUT2D eigenvalue weighted by molar-refractivity contribution is -0.116. The van der Waals surface area contributed by atoms with Crippen LogP contribution in [0, 0.1) is 5.82 Å². The molecule has 3 rings (SSSR count). The van der Waals surface area contributed by atoms with Crippen LogP contribution in [0.2, 0.25) is 0 Å². The van der Waals surface area contributed by atoms with Gasteiger partial charge in [-0.3, -0.25) is 9.48 Å². The molecule has 0 unspecified atom stereocenters. The van der Waals surface area contributed by atoms with Crippen molar-refractivity contribution >= 4 is 27.5 Å². The highest BCUT2D eigenvalue weighted by Crippen LogP contribution is 2.20. The molecule has 2 aromatic rings. The summed E-state index contributed by atoms with van der Waals surface area (Å²) in [6.45, 7) is 0.0997. The Hall–Kier alpha value is -1.69. The number of nitrogens with one attached hydrogen (secondary N) is 1. The van der Waals surface area contributed by atoms with E-state index in [9.17, 15) is 9.18 Å². The molecule has 0 radical (unpaired) electrons. The topological polar surface area (TPSA) is 46.9 Å². The van der Waals surface area contributed by atoms with Gasteiger partial charge in [-0.2, -0.15) is 5.10 Å². The Kier molecular flexibility index (Phi) is 4.57. The maximum Gasteiger partial charge on any atom is 0.246 e. The number of amides is 1. The summed E-state index contributed by atoms with van der Waals surface area (Å²) in [5, 5.41) is 7.07. The molecular formula is C16H17BrFN3O. The Balaban J connectivity index is 1.67. The van der Waals surface area contributed by atoms with E-state index >= 15 is 0 Å². The number of benzene rings is 1. The molecule has 1 amide bonds. The molecule has 116 valence electrons. The van der Waals surface area contributed by atoms with Crippen molar-refractivity contribution in [3.05, 3.63) is 45.9 Å². The van der Waals surface area contributed by atoms with Gasteiger partial charge in [0.1, 0.15) is 12.4 Å². The fraction of sp³-hybridized carbons (Fsp3) is 0.375. The second-order valence-corrected chi connectivity index (χ2v) is 6.45. The minimum Gasteiger partial charge on any atom is -0.322 e. The van der Waals surface area contributed by atoms with Crippen LogP contribution in [0.15, 0.2) is 28.9 Å². The van der Waals surface area contributed by atoms with E-state index in [2.05, 4.69) is 26.3 Å². The van der Waals surface area contributed by atoms with Crippen molar-refractivity contribution in [2.75, 3.05) is 5.32 Å². The fourth-order valence-corrected chi connectivity index (χ4v) is 3.05. The average Bonchev–Trinajstić information content (AvgIpc) is 2.70. The predicted octanol–water partition coefficient (Wildman–Crippen LogP) is 3.69. The molecule has 1 heterocycles. The minimum atomic E-state index is -0.459. The van der Waals surface area contributed by atoms with Crippen LogP contribution in [-0.4, -0.2) is 15.7 Å². The average molecular weight is 366 g/mol. The number of fused-ring (bicyclic) bond motifs is 1. The first-order valence-electron chi connectivity index (χ1n) is 7.42. The van der Waals surface area contributed by atoms with E-state index in [0.29, 0.717) is 4.47 Å². The van der Waals surface area contributed by atoms with E-state index in [1.54, 1.807) is 10.7 Å². The SMILES string of the molecule is O=C(Cn1cc2c(n1)CCCCC2)Nc1ccc(Br)cc1F. The molecule has 22 heavy (non-hydrogen) atoms. The maximum atomic E-state index is 13.7. The Labute approximate surface area is 136 Å². The molecule has 0 saturated heterocycles. The van der Waals surface area contributed by atoms with Gasteiger partial charge in [-0.25, -0.2) is 4.39 Å². The van der Waals surface area contributed by atoms with Gasteiger partial charge in [-0.15, -0.1) is 0 Å². The summed E-state index contributed by atoms with van der Waals surface area (Å²) in [7, 11) is 0. The first-order valence-corrected chi connectivity index (χ1v) is 8.21. The van der Waals surface area contributed by atoms with Crippen LogP contribution in [0.5, 0.6) is 0 Å². The van der Waals surface area contributed by atoms with E-state index < -0.39 is 5.82 Å². The highest BCUT2D eigenvalue weighted by Gasteiger charge is 2.14. The van der Waals surface area contributed by atoms with Gasteiger partial charge in [0.25, 0.3) is 0 Å². The zero-order valence-electron chi connectivity index (χ0n) is 12.1. The number of halogens is 2. The Morgan fingerprint density at radius 2 is 2.14 bits per heavy atom. The smallest absolute Gasteiger partial charge is 0.246 e. The molecule has 1 N–H and O–H groups in total. The molecule has 0 aliphatic heterocycles. The number of rotatable bonds is 3. The second kappa shape index (κ2) is 6.60. The van der Waals surface area contributed by atoms with Crippen molar-refractivity contribution in [1.82, 2.24) is 9.78 Å². The van der Waals surface area contributed by atoms with Crippen molar-refractivity contribution in [2.45, 2.75) is 38.6 Å². The summed E-state index contributed by atoms with van der Waals surface area (Å²) in [6, 6.07) is 4.55. The highest BCUT2D eigenvalue weighted by molar-refractivity contribution is 9.10. The zero-order valence-corrected chi connectivity index (χ0v) is 13.7. The van der Waals surface area contributed by atoms with E-state index in [-0.39, 0.29) is 18.1 Å². The van der Waals surface area contributed by atoms with Crippen LogP contribution >= 0.6 is 15.9 Å². The zero-order chi connectivity index (χ0) is 15.5. The third-order valence-electron chi connectivity index (χ3n) is 3.80. The van der Waals surface area contributed by atoms with Crippen LogP contribution in [0.25, 0.3) is 0 Å². The number of anilines is 1. The number of carbonyl (C=O) groups is 1. The van der Waals surface area contributed by atoms with E-state index in [0.717, 1.165) is 25.0 Å². The van der Waals surface area contributed by atoms with E-state index in [4.69, 9.17) is 0 Å². The van der Waals surface area contributed by atoms with Crippen LogP contribution in [-0.2, 0) is 24.2 Å². The summed E-state index contributed by atoms with van der Waals surface area (Å²) < 4.78 is 16.0. The summed E-state index contributed by atoms with van der Waals surface area (Å²) in [5.41, 5.74) is 2.52. The molecule has 1 aliphatic carbocycles. The molecule has 6 heteroatoms.